The van der Waals surface area contributed by atoms with Crippen LogP contribution in [0.15, 0.2) is 72.9 Å². The van der Waals surface area contributed by atoms with Gasteiger partial charge in [0.25, 0.3) is 0 Å². The largest absolute Gasteiger partial charge is 0.472 e. The van der Waals surface area contributed by atoms with Crippen LogP contribution in [0.5, 0.6) is 0 Å². The lowest BCUT2D eigenvalue weighted by atomic mass is 10.1. The molecule has 0 amide bonds. The van der Waals surface area contributed by atoms with Crippen molar-refractivity contribution in [1.29, 1.82) is 0 Å². The molecule has 2 atom stereocenters. The van der Waals surface area contributed by atoms with Crippen LogP contribution in [0.4, 0.5) is 0 Å². The normalized spacial score (nSPS) is 14.6. The number of hydrogen-bond acceptors (Lipinski definition) is 7. The van der Waals surface area contributed by atoms with E-state index >= 15 is 0 Å². The van der Waals surface area contributed by atoms with E-state index < -0.39 is 19.9 Å². The van der Waals surface area contributed by atoms with Crippen LogP contribution in [0.25, 0.3) is 0 Å². The fraction of sp³-hybridized carbons (Fsp3) is 0.649. The lowest BCUT2D eigenvalue weighted by molar-refractivity contribution is -0.154. The highest BCUT2D eigenvalue weighted by atomic mass is 31.2. The molecule has 0 radical (unpaired) electrons. The Morgan fingerprint density at radius 2 is 1.17 bits per heavy atom. The number of carbonyl (C=O) groups is 1. The van der Waals surface area contributed by atoms with Gasteiger partial charge in [0.1, 0.15) is 6.10 Å². The van der Waals surface area contributed by atoms with Gasteiger partial charge in [0.05, 0.1) is 19.8 Å². The Bertz CT molecular complexity index is 927. The van der Waals surface area contributed by atoms with Gasteiger partial charge in [0.15, 0.2) is 0 Å². The molecule has 0 bridgehead atoms. The van der Waals surface area contributed by atoms with E-state index in [0.29, 0.717) is 13.0 Å². The summed E-state index contributed by atoms with van der Waals surface area (Å²) in [5, 5.41) is 0. The average molecular weight is 666 g/mol. The van der Waals surface area contributed by atoms with E-state index in [2.05, 4.69) is 74.6 Å². The highest BCUT2D eigenvalue weighted by Crippen LogP contribution is 2.43. The summed E-state index contributed by atoms with van der Waals surface area (Å²) >= 11 is 0. The molecule has 9 heteroatoms. The number of esters is 1. The number of rotatable bonds is 32. The molecule has 0 fully saturated rings. The number of phosphoric acid groups is 1. The first kappa shape index (κ1) is 43.9. The summed E-state index contributed by atoms with van der Waals surface area (Å²) in [5.74, 6) is -0.417. The predicted octanol–water partition coefficient (Wildman–Crippen LogP) is 9.63. The lowest BCUT2D eigenvalue weighted by Crippen LogP contribution is -2.28. The average Bonchev–Trinajstić information content (AvgIpc) is 3.04. The minimum Gasteiger partial charge on any atom is -0.457 e. The Kier molecular flexibility index (Phi) is 32.7. The summed E-state index contributed by atoms with van der Waals surface area (Å²) in [7, 11) is -4.29. The number of phosphoric ester groups is 1. The Labute approximate surface area is 280 Å². The number of allylic oxidation sites excluding steroid dienone is 12. The molecule has 0 rings (SSSR count). The topological polar surface area (TPSA) is 117 Å². The molecule has 264 valence electrons. The summed E-state index contributed by atoms with van der Waals surface area (Å²) in [5.41, 5.74) is 5.33. The number of ether oxygens (including phenoxy) is 2. The second kappa shape index (κ2) is 34.3. The van der Waals surface area contributed by atoms with Crippen LogP contribution < -0.4 is 5.73 Å². The number of carbonyl (C=O) groups excluding carboxylic acids is 1. The van der Waals surface area contributed by atoms with Crippen molar-refractivity contribution >= 4 is 13.8 Å². The van der Waals surface area contributed by atoms with Gasteiger partial charge in [-0.3, -0.25) is 13.8 Å². The van der Waals surface area contributed by atoms with Crippen molar-refractivity contribution in [3.05, 3.63) is 72.9 Å². The molecule has 0 saturated carbocycles. The third-order valence-corrected chi connectivity index (χ3v) is 7.64. The van der Waals surface area contributed by atoms with Gasteiger partial charge in [-0.05, 0) is 51.4 Å². The van der Waals surface area contributed by atoms with Gasteiger partial charge in [-0.25, -0.2) is 4.57 Å². The van der Waals surface area contributed by atoms with Crippen LogP contribution in [0, 0.1) is 0 Å². The summed E-state index contributed by atoms with van der Waals surface area (Å²) in [6, 6.07) is 0. The minimum absolute atomic E-state index is 0.0824. The molecule has 0 heterocycles. The molecule has 46 heavy (non-hydrogen) atoms. The van der Waals surface area contributed by atoms with E-state index in [1.165, 1.54) is 38.5 Å². The Balaban J connectivity index is 4.27. The third-order valence-electron chi connectivity index (χ3n) is 6.65. The van der Waals surface area contributed by atoms with E-state index in [1.54, 1.807) is 0 Å². The monoisotopic (exact) mass is 665 g/mol. The fourth-order valence-electron chi connectivity index (χ4n) is 4.14. The zero-order chi connectivity index (χ0) is 33.8. The van der Waals surface area contributed by atoms with Crippen molar-refractivity contribution < 1.29 is 32.8 Å². The first-order valence-electron chi connectivity index (χ1n) is 17.4. The minimum atomic E-state index is -4.29. The van der Waals surface area contributed by atoms with Gasteiger partial charge in [-0.2, -0.15) is 0 Å². The first-order chi connectivity index (χ1) is 22.4. The van der Waals surface area contributed by atoms with Crippen molar-refractivity contribution in [2.24, 2.45) is 5.73 Å². The zero-order valence-corrected chi connectivity index (χ0v) is 29.7. The number of nitrogens with two attached hydrogens (primary N) is 1. The molecule has 0 saturated heterocycles. The maximum Gasteiger partial charge on any atom is 0.472 e. The van der Waals surface area contributed by atoms with Crippen molar-refractivity contribution in [2.45, 2.75) is 123 Å². The quantitative estimate of drug-likeness (QED) is 0.0316. The Morgan fingerprint density at radius 3 is 1.70 bits per heavy atom. The van der Waals surface area contributed by atoms with Crippen LogP contribution in [-0.2, 0) is 27.9 Å². The van der Waals surface area contributed by atoms with Gasteiger partial charge in [-0.15, -0.1) is 0 Å². The Hall–Kier alpha value is -2.06. The summed E-state index contributed by atoms with van der Waals surface area (Å²) in [6.07, 6.45) is 40.8. The maximum absolute atomic E-state index is 12.4. The van der Waals surface area contributed by atoms with Gasteiger partial charge in [0, 0.05) is 19.6 Å². The smallest absolute Gasteiger partial charge is 0.457 e. The maximum atomic E-state index is 12.4. The molecule has 0 aromatic rings. The molecule has 0 spiro atoms. The van der Waals surface area contributed by atoms with Gasteiger partial charge < -0.3 is 20.1 Å². The molecular weight excluding hydrogens is 601 g/mol. The second-order valence-electron chi connectivity index (χ2n) is 11.0. The Morgan fingerprint density at radius 1 is 0.674 bits per heavy atom. The lowest BCUT2D eigenvalue weighted by Gasteiger charge is -2.19. The van der Waals surface area contributed by atoms with Gasteiger partial charge in [-0.1, -0.05) is 132 Å². The van der Waals surface area contributed by atoms with E-state index in [-0.39, 0.29) is 32.8 Å². The number of unbranched alkanes of at least 4 members (excludes halogenated alkanes) is 7. The molecule has 0 aromatic heterocycles. The summed E-state index contributed by atoms with van der Waals surface area (Å²) in [6.45, 7) is 4.64. The summed E-state index contributed by atoms with van der Waals surface area (Å²) in [4.78, 5) is 22.2. The van der Waals surface area contributed by atoms with Gasteiger partial charge in [0.2, 0.25) is 0 Å². The molecule has 8 nitrogen and oxygen atoms in total. The predicted molar refractivity (Wildman–Crippen MR) is 192 cm³/mol. The van der Waals surface area contributed by atoms with Crippen LogP contribution in [0.1, 0.15) is 117 Å². The van der Waals surface area contributed by atoms with Crippen LogP contribution >= 0.6 is 7.82 Å². The molecule has 0 aliphatic carbocycles. The SMILES string of the molecule is CC/C=C\C/C=C\C/C=C\C/C=C\C/C=C\C/C=C\CCC(=O)OC(COCCCCCCCCCC)COP(=O)(O)OCCN. The van der Waals surface area contributed by atoms with E-state index in [0.717, 1.165) is 51.4 Å². The second-order valence-corrected chi connectivity index (χ2v) is 12.5. The molecule has 0 aliphatic heterocycles. The molecule has 0 aromatic carbocycles. The van der Waals surface area contributed by atoms with E-state index in [1.807, 2.05) is 12.2 Å². The van der Waals surface area contributed by atoms with Crippen LogP contribution in [-0.4, -0.2) is 49.9 Å². The molecule has 3 N–H and O–H groups in total. The van der Waals surface area contributed by atoms with Crippen LogP contribution in [0.2, 0.25) is 0 Å². The number of hydrogen-bond donors (Lipinski definition) is 2. The highest BCUT2D eigenvalue weighted by molar-refractivity contribution is 7.47. The fourth-order valence-corrected chi connectivity index (χ4v) is 4.90. The van der Waals surface area contributed by atoms with Crippen molar-refractivity contribution in [3.63, 3.8) is 0 Å². The van der Waals surface area contributed by atoms with E-state index in [9.17, 15) is 14.3 Å². The third kappa shape index (κ3) is 33.3. The van der Waals surface area contributed by atoms with Crippen molar-refractivity contribution in [2.75, 3.05) is 33.0 Å². The van der Waals surface area contributed by atoms with E-state index in [4.69, 9.17) is 24.3 Å². The standard InChI is InChI=1S/C37H64NO7P/c1-3-5-7-9-11-13-14-15-16-17-18-19-20-21-22-23-24-26-28-30-37(39)45-36(35-44-46(40,41)43-33-31-38)34-42-32-29-27-25-12-10-8-6-4-2/h5,7,11,13,15-16,18-19,21-22,24,26,36H,3-4,6,8-10,12,14,17,20,23,25,27-35,38H2,1-2H3,(H,40,41)/b7-5-,13-11-,16-15-,19-18-,22-21-,26-24-. The molecule has 0 aliphatic rings. The summed E-state index contributed by atoms with van der Waals surface area (Å²) < 4.78 is 33.0. The zero-order valence-electron chi connectivity index (χ0n) is 28.8. The van der Waals surface area contributed by atoms with Crippen molar-refractivity contribution in [3.8, 4) is 0 Å². The van der Waals surface area contributed by atoms with Crippen LogP contribution in [0.3, 0.4) is 0 Å². The highest BCUT2D eigenvalue weighted by Gasteiger charge is 2.25. The first-order valence-corrected chi connectivity index (χ1v) is 18.9. The van der Waals surface area contributed by atoms with Gasteiger partial charge >= 0.3 is 13.8 Å². The van der Waals surface area contributed by atoms with Crippen molar-refractivity contribution in [1.82, 2.24) is 0 Å². The molecular formula is C37H64NO7P. The molecule has 2 unspecified atom stereocenters.